The molecular weight excluding hydrogens is 222 g/mol. The first-order valence-electron chi connectivity index (χ1n) is 6.13. The molecular formula is C16H19NO. The molecule has 0 saturated heterocycles. The van der Waals surface area contributed by atoms with Crippen LogP contribution in [0, 0.1) is 13.8 Å². The van der Waals surface area contributed by atoms with E-state index in [0.717, 1.165) is 11.3 Å². The number of nitrogen functional groups attached to an aromatic ring is 1. The SMILES string of the molecule is Cc1cc(C)cc(COCc2ccc(N)cc2)c1. The van der Waals surface area contributed by atoms with Crippen molar-refractivity contribution in [3.63, 3.8) is 0 Å². The van der Waals surface area contributed by atoms with Crippen LogP contribution in [0.5, 0.6) is 0 Å². The summed E-state index contributed by atoms with van der Waals surface area (Å²) < 4.78 is 5.71. The van der Waals surface area contributed by atoms with Crippen molar-refractivity contribution in [3.05, 3.63) is 64.7 Å². The van der Waals surface area contributed by atoms with E-state index in [1.807, 2.05) is 24.3 Å². The minimum Gasteiger partial charge on any atom is -0.399 e. The fourth-order valence-corrected chi connectivity index (χ4v) is 2.05. The number of anilines is 1. The second-order valence-electron chi connectivity index (χ2n) is 4.73. The molecule has 0 aromatic heterocycles. The second kappa shape index (κ2) is 5.69. The lowest BCUT2D eigenvalue weighted by molar-refractivity contribution is 0.107. The maximum atomic E-state index is 5.71. The summed E-state index contributed by atoms with van der Waals surface area (Å²) in [6, 6.07) is 14.3. The Labute approximate surface area is 108 Å². The van der Waals surface area contributed by atoms with Gasteiger partial charge in [-0.3, -0.25) is 0 Å². The van der Waals surface area contributed by atoms with Gasteiger partial charge >= 0.3 is 0 Å². The molecule has 2 aromatic carbocycles. The highest BCUT2D eigenvalue weighted by molar-refractivity contribution is 5.39. The van der Waals surface area contributed by atoms with Crippen LogP contribution in [0.15, 0.2) is 42.5 Å². The molecule has 2 N–H and O–H groups in total. The average Bonchev–Trinajstić information content (AvgIpc) is 2.30. The molecule has 2 heteroatoms. The van der Waals surface area contributed by atoms with E-state index < -0.39 is 0 Å². The van der Waals surface area contributed by atoms with E-state index in [4.69, 9.17) is 10.5 Å². The van der Waals surface area contributed by atoms with Crippen LogP contribution in [0.4, 0.5) is 5.69 Å². The highest BCUT2D eigenvalue weighted by atomic mass is 16.5. The molecule has 0 aliphatic heterocycles. The Hall–Kier alpha value is -1.80. The number of ether oxygens (including phenoxy) is 1. The Morgan fingerprint density at radius 3 is 2.00 bits per heavy atom. The number of aryl methyl sites for hydroxylation is 2. The highest BCUT2D eigenvalue weighted by Gasteiger charge is 1.98. The lowest BCUT2D eigenvalue weighted by Gasteiger charge is -2.07. The molecule has 0 saturated carbocycles. The van der Waals surface area contributed by atoms with Gasteiger partial charge in [-0.2, -0.15) is 0 Å². The van der Waals surface area contributed by atoms with Gasteiger partial charge in [-0.15, -0.1) is 0 Å². The molecule has 0 bridgehead atoms. The molecule has 2 aromatic rings. The molecule has 0 aliphatic carbocycles. The highest BCUT2D eigenvalue weighted by Crippen LogP contribution is 2.12. The molecule has 0 atom stereocenters. The molecule has 18 heavy (non-hydrogen) atoms. The Kier molecular flexibility index (Phi) is 4.00. The van der Waals surface area contributed by atoms with Gasteiger partial charge < -0.3 is 10.5 Å². The fourth-order valence-electron chi connectivity index (χ4n) is 2.05. The van der Waals surface area contributed by atoms with Crippen LogP contribution in [0.2, 0.25) is 0 Å². The summed E-state index contributed by atoms with van der Waals surface area (Å²) in [6.45, 7) is 5.48. The van der Waals surface area contributed by atoms with E-state index in [9.17, 15) is 0 Å². The summed E-state index contributed by atoms with van der Waals surface area (Å²) >= 11 is 0. The van der Waals surface area contributed by atoms with Crippen molar-refractivity contribution < 1.29 is 4.74 Å². The van der Waals surface area contributed by atoms with Crippen molar-refractivity contribution in [2.24, 2.45) is 0 Å². The molecule has 0 heterocycles. The Bertz CT molecular complexity index is 497. The zero-order valence-electron chi connectivity index (χ0n) is 10.9. The number of rotatable bonds is 4. The topological polar surface area (TPSA) is 35.2 Å². The largest absolute Gasteiger partial charge is 0.399 e. The van der Waals surface area contributed by atoms with E-state index >= 15 is 0 Å². The van der Waals surface area contributed by atoms with E-state index in [0.29, 0.717) is 13.2 Å². The first-order chi connectivity index (χ1) is 8.63. The summed E-state index contributed by atoms with van der Waals surface area (Å²) in [5.41, 5.74) is 11.4. The van der Waals surface area contributed by atoms with Crippen LogP contribution < -0.4 is 5.73 Å². The first kappa shape index (κ1) is 12.7. The summed E-state index contributed by atoms with van der Waals surface area (Å²) in [4.78, 5) is 0. The smallest absolute Gasteiger partial charge is 0.0721 e. The van der Waals surface area contributed by atoms with Gasteiger partial charge in [-0.05, 0) is 37.1 Å². The van der Waals surface area contributed by atoms with E-state index in [-0.39, 0.29) is 0 Å². The molecule has 0 aliphatic rings. The fraction of sp³-hybridized carbons (Fsp3) is 0.250. The van der Waals surface area contributed by atoms with Crippen molar-refractivity contribution in [1.29, 1.82) is 0 Å². The summed E-state index contributed by atoms with van der Waals surface area (Å²) in [5.74, 6) is 0. The van der Waals surface area contributed by atoms with Gasteiger partial charge in [-0.25, -0.2) is 0 Å². The minimum absolute atomic E-state index is 0.618. The monoisotopic (exact) mass is 241 g/mol. The molecule has 94 valence electrons. The number of hydrogen-bond acceptors (Lipinski definition) is 2. The second-order valence-corrected chi connectivity index (χ2v) is 4.73. The van der Waals surface area contributed by atoms with Gasteiger partial charge in [0.25, 0.3) is 0 Å². The number of benzene rings is 2. The van der Waals surface area contributed by atoms with E-state index in [1.54, 1.807) is 0 Å². The maximum absolute atomic E-state index is 5.71. The number of hydrogen-bond donors (Lipinski definition) is 1. The van der Waals surface area contributed by atoms with Crippen LogP contribution in [0.1, 0.15) is 22.3 Å². The van der Waals surface area contributed by atoms with Gasteiger partial charge in [0.15, 0.2) is 0 Å². The average molecular weight is 241 g/mol. The molecule has 0 unspecified atom stereocenters. The Morgan fingerprint density at radius 1 is 0.833 bits per heavy atom. The third kappa shape index (κ3) is 3.60. The quantitative estimate of drug-likeness (QED) is 0.830. The third-order valence-electron chi connectivity index (χ3n) is 2.80. The summed E-state index contributed by atoms with van der Waals surface area (Å²) in [7, 11) is 0. The zero-order chi connectivity index (χ0) is 13.0. The number of nitrogens with two attached hydrogens (primary N) is 1. The van der Waals surface area contributed by atoms with Crippen LogP contribution in [0.3, 0.4) is 0 Å². The Morgan fingerprint density at radius 2 is 1.39 bits per heavy atom. The lowest BCUT2D eigenvalue weighted by atomic mass is 10.1. The normalized spacial score (nSPS) is 10.6. The zero-order valence-corrected chi connectivity index (χ0v) is 10.9. The molecule has 0 radical (unpaired) electrons. The van der Waals surface area contributed by atoms with Gasteiger partial charge in [-0.1, -0.05) is 41.5 Å². The van der Waals surface area contributed by atoms with Crippen LogP contribution in [-0.2, 0) is 18.0 Å². The third-order valence-corrected chi connectivity index (χ3v) is 2.80. The minimum atomic E-state index is 0.618. The van der Waals surface area contributed by atoms with E-state index in [1.165, 1.54) is 16.7 Å². The van der Waals surface area contributed by atoms with Crippen molar-refractivity contribution in [2.45, 2.75) is 27.1 Å². The maximum Gasteiger partial charge on any atom is 0.0721 e. The van der Waals surface area contributed by atoms with Gasteiger partial charge in [0, 0.05) is 5.69 Å². The molecule has 0 amide bonds. The molecule has 0 spiro atoms. The van der Waals surface area contributed by atoms with Crippen LogP contribution in [0.25, 0.3) is 0 Å². The molecule has 0 fully saturated rings. The molecule has 2 nitrogen and oxygen atoms in total. The van der Waals surface area contributed by atoms with Gasteiger partial charge in [0.05, 0.1) is 13.2 Å². The first-order valence-corrected chi connectivity index (χ1v) is 6.13. The van der Waals surface area contributed by atoms with Crippen molar-refractivity contribution in [3.8, 4) is 0 Å². The van der Waals surface area contributed by atoms with E-state index in [2.05, 4.69) is 32.0 Å². The van der Waals surface area contributed by atoms with Crippen molar-refractivity contribution in [2.75, 3.05) is 5.73 Å². The van der Waals surface area contributed by atoms with Crippen molar-refractivity contribution in [1.82, 2.24) is 0 Å². The predicted molar refractivity (Wildman–Crippen MR) is 75.3 cm³/mol. The standard InChI is InChI=1S/C16H19NO/c1-12-7-13(2)9-15(8-12)11-18-10-14-3-5-16(17)6-4-14/h3-9H,10-11,17H2,1-2H3. The molecule has 2 rings (SSSR count). The summed E-state index contributed by atoms with van der Waals surface area (Å²) in [5, 5.41) is 0. The van der Waals surface area contributed by atoms with Crippen LogP contribution in [-0.4, -0.2) is 0 Å². The summed E-state index contributed by atoms with van der Waals surface area (Å²) in [6.07, 6.45) is 0. The van der Waals surface area contributed by atoms with Crippen molar-refractivity contribution >= 4 is 5.69 Å². The van der Waals surface area contributed by atoms with Gasteiger partial charge in [0.1, 0.15) is 0 Å². The lowest BCUT2D eigenvalue weighted by Crippen LogP contribution is -1.95. The Balaban J connectivity index is 1.90. The predicted octanol–water partition coefficient (Wildman–Crippen LogP) is 3.60. The van der Waals surface area contributed by atoms with Crippen LogP contribution >= 0.6 is 0 Å². The van der Waals surface area contributed by atoms with Gasteiger partial charge in [0.2, 0.25) is 0 Å².